The molecule has 1 heterocycles. The number of carbonyl (C=O) groups is 1. The molecular weight excluding hydrogens is 286 g/mol. The van der Waals surface area contributed by atoms with Gasteiger partial charge in [-0.25, -0.2) is 0 Å². The van der Waals surface area contributed by atoms with Crippen LogP contribution in [0.2, 0.25) is 0 Å². The van der Waals surface area contributed by atoms with Crippen LogP contribution in [0.1, 0.15) is 17.3 Å². The van der Waals surface area contributed by atoms with Gasteiger partial charge in [0.15, 0.2) is 5.78 Å². The summed E-state index contributed by atoms with van der Waals surface area (Å²) in [6.07, 6.45) is 0. The van der Waals surface area contributed by atoms with Crippen molar-refractivity contribution in [1.82, 2.24) is 0 Å². The van der Waals surface area contributed by atoms with E-state index in [2.05, 4.69) is 34.1 Å². The molecule has 2 aromatic rings. The lowest BCUT2D eigenvalue weighted by molar-refractivity contribution is 0.0968. The molecule has 2 aromatic carbocycles. The predicted molar refractivity (Wildman–Crippen MR) is 95.3 cm³/mol. The van der Waals surface area contributed by atoms with Crippen molar-refractivity contribution in [3.8, 4) is 0 Å². The highest BCUT2D eigenvalue weighted by atomic mass is 16.1. The van der Waals surface area contributed by atoms with Crippen LogP contribution in [0, 0.1) is 0 Å². The number of nitrogens with zero attached hydrogens (tertiary/aromatic N) is 2. The van der Waals surface area contributed by atoms with Crippen molar-refractivity contribution in [3.05, 3.63) is 60.2 Å². The second-order valence-corrected chi connectivity index (χ2v) is 6.01. The molecule has 0 radical (unpaired) electrons. The van der Waals surface area contributed by atoms with Gasteiger partial charge in [-0.1, -0.05) is 18.2 Å². The van der Waals surface area contributed by atoms with Crippen molar-refractivity contribution >= 4 is 17.2 Å². The SMILES string of the molecule is CC(N)C(=O)c1ccc(N2CCN(c3ccccc3)CC2)cc1. The highest BCUT2D eigenvalue weighted by molar-refractivity contribution is 5.99. The molecule has 1 unspecified atom stereocenters. The van der Waals surface area contributed by atoms with E-state index in [9.17, 15) is 4.79 Å². The molecule has 2 N–H and O–H groups in total. The van der Waals surface area contributed by atoms with Crippen LogP contribution in [0.25, 0.3) is 0 Å². The number of hydrogen-bond donors (Lipinski definition) is 1. The first-order chi connectivity index (χ1) is 11.1. The van der Waals surface area contributed by atoms with Crippen LogP contribution >= 0.6 is 0 Å². The number of anilines is 2. The molecule has 0 spiro atoms. The summed E-state index contributed by atoms with van der Waals surface area (Å²) in [4.78, 5) is 16.7. The van der Waals surface area contributed by atoms with Crippen LogP contribution < -0.4 is 15.5 Å². The molecule has 1 aliphatic rings. The summed E-state index contributed by atoms with van der Waals surface area (Å²) in [7, 11) is 0. The number of rotatable bonds is 4. The number of Topliss-reactive ketones (excluding diaryl/α,β-unsaturated/α-hetero) is 1. The van der Waals surface area contributed by atoms with Crippen LogP contribution in [-0.4, -0.2) is 38.0 Å². The average molecular weight is 309 g/mol. The average Bonchev–Trinajstić information content (AvgIpc) is 2.62. The molecule has 0 bridgehead atoms. The zero-order chi connectivity index (χ0) is 16.2. The molecule has 3 rings (SSSR count). The molecule has 0 aromatic heterocycles. The minimum Gasteiger partial charge on any atom is -0.368 e. The van der Waals surface area contributed by atoms with E-state index in [1.165, 1.54) is 11.4 Å². The monoisotopic (exact) mass is 309 g/mol. The third-order valence-corrected chi connectivity index (χ3v) is 4.33. The normalized spacial score (nSPS) is 16.3. The Hall–Kier alpha value is -2.33. The first-order valence-corrected chi connectivity index (χ1v) is 8.10. The van der Waals surface area contributed by atoms with Gasteiger partial charge in [0.1, 0.15) is 0 Å². The van der Waals surface area contributed by atoms with Gasteiger partial charge in [0.25, 0.3) is 0 Å². The van der Waals surface area contributed by atoms with E-state index < -0.39 is 6.04 Å². The molecule has 120 valence electrons. The molecule has 1 atom stereocenters. The third kappa shape index (κ3) is 3.54. The van der Waals surface area contributed by atoms with E-state index in [1.807, 2.05) is 30.3 Å². The van der Waals surface area contributed by atoms with Crippen LogP contribution in [0.4, 0.5) is 11.4 Å². The smallest absolute Gasteiger partial charge is 0.179 e. The van der Waals surface area contributed by atoms with E-state index in [4.69, 9.17) is 5.73 Å². The van der Waals surface area contributed by atoms with Crippen LogP contribution in [0.5, 0.6) is 0 Å². The van der Waals surface area contributed by atoms with E-state index in [0.29, 0.717) is 5.56 Å². The Balaban J connectivity index is 1.63. The van der Waals surface area contributed by atoms with Gasteiger partial charge >= 0.3 is 0 Å². The van der Waals surface area contributed by atoms with Crippen molar-refractivity contribution in [3.63, 3.8) is 0 Å². The van der Waals surface area contributed by atoms with Gasteiger partial charge in [-0.15, -0.1) is 0 Å². The van der Waals surface area contributed by atoms with Gasteiger partial charge in [0.05, 0.1) is 6.04 Å². The van der Waals surface area contributed by atoms with E-state index in [0.717, 1.165) is 26.2 Å². The van der Waals surface area contributed by atoms with Gasteiger partial charge < -0.3 is 15.5 Å². The summed E-state index contributed by atoms with van der Waals surface area (Å²) in [6, 6.07) is 17.9. The first kappa shape index (κ1) is 15.6. The Kier molecular flexibility index (Phi) is 4.63. The maximum atomic E-state index is 11.9. The Morgan fingerprint density at radius 2 is 1.35 bits per heavy atom. The fraction of sp³-hybridized carbons (Fsp3) is 0.316. The van der Waals surface area contributed by atoms with Crippen molar-refractivity contribution in [2.45, 2.75) is 13.0 Å². The summed E-state index contributed by atoms with van der Waals surface area (Å²) in [5, 5.41) is 0. The fourth-order valence-corrected chi connectivity index (χ4v) is 2.96. The number of hydrogen-bond acceptors (Lipinski definition) is 4. The number of nitrogens with two attached hydrogens (primary N) is 1. The van der Waals surface area contributed by atoms with Crippen molar-refractivity contribution < 1.29 is 4.79 Å². The fourth-order valence-electron chi connectivity index (χ4n) is 2.96. The minimum atomic E-state index is -0.449. The lowest BCUT2D eigenvalue weighted by Gasteiger charge is -2.37. The summed E-state index contributed by atoms with van der Waals surface area (Å²) < 4.78 is 0. The van der Waals surface area contributed by atoms with Gasteiger partial charge in [-0.3, -0.25) is 4.79 Å². The molecule has 1 saturated heterocycles. The van der Waals surface area contributed by atoms with Gasteiger partial charge in [0, 0.05) is 43.1 Å². The number of piperazine rings is 1. The zero-order valence-electron chi connectivity index (χ0n) is 13.5. The second kappa shape index (κ2) is 6.84. The Bertz CT molecular complexity index is 644. The Labute approximate surface area is 137 Å². The van der Waals surface area contributed by atoms with E-state index in [-0.39, 0.29) is 5.78 Å². The summed E-state index contributed by atoms with van der Waals surface area (Å²) in [5.41, 5.74) is 8.79. The van der Waals surface area contributed by atoms with Gasteiger partial charge in [0.2, 0.25) is 0 Å². The molecule has 1 fully saturated rings. The summed E-state index contributed by atoms with van der Waals surface area (Å²) in [6.45, 7) is 5.69. The van der Waals surface area contributed by atoms with Crippen molar-refractivity contribution in [2.24, 2.45) is 5.73 Å². The summed E-state index contributed by atoms with van der Waals surface area (Å²) in [5.74, 6) is -0.00885. The lowest BCUT2D eigenvalue weighted by atomic mass is 10.1. The summed E-state index contributed by atoms with van der Waals surface area (Å²) >= 11 is 0. The minimum absolute atomic E-state index is 0.00885. The standard InChI is InChI=1S/C19H23N3O/c1-15(20)19(23)16-7-9-18(10-8-16)22-13-11-21(12-14-22)17-5-3-2-4-6-17/h2-10,15H,11-14,20H2,1H3. The van der Waals surface area contributed by atoms with E-state index >= 15 is 0 Å². The largest absolute Gasteiger partial charge is 0.368 e. The second-order valence-electron chi connectivity index (χ2n) is 6.01. The topological polar surface area (TPSA) is 49.6 Å². The van der Waals surface area contributed by atoms with E-state index in [1.54, 1.807) is 6.92 Å². The molecule has 23 heavy (non-hydrogen) atoms. The first-order valence-electron chi connectivity index (χ1n) is 8.10. The highest BCUT2D eigenvalue weighted by Gasteiger charge is 2.18. The molecule has 0 amide bonds. The molecule has 4 heteroatoms. The molecule has 0 saturated carbocycles. The number of ketones is 1. The lowest BCUT2D eigenvalue weighted by Crippen LogP contribution is -2.46. The molecular formula is C19H23N3O. The number of carbonyl (C=O) groups excluding carboxylic acids is 1. The molecule has 1 aliphatic heterocycles. The maximum Gasteiger partial charge on any atom is 0.179 e. The molecule has 0 aliphatic carbocycles. The van der Waals surface area contributed by atoms with Crippen LogP contribution in [0.15, 0.2) is 54.6 Å². The third-order valence-electron chi connectivity index (χ3n) is 4.33. The van der Waals surface area contributed by atoms with Crippen LogP contribution in [0.3, 0.4) is 0 Å². The van der Waals surface area contributed by atoms with Crippen molar-refractivity contribution in [2.75, 3.05) is 36.0 Å². The Morgan fingerprint density at radius 1 is 0.870 bits per heavy atom. The number of benzene rings is 2. The molecule has 4 nitrogen and oxygen atoms in total. The highest BCUT2D eigenvalue weighted by Crippen LogP contribution is 2.21. The maximum absolute atomic E-state index is 11.9. The van der Waals surface area contributed by atoms with Gasteiger partial charge in [-0.05, 0) is 43.3 Å². The van der Waals surface area contributed by atoms with Gasteiger partial charge in [-0.2, -0.15) is 0 Å². The zero-order valence-corrected chi connectivity index (χ0v) is 13.5. The Morgan fingerprint density at radius 3 is 1.83 bits per heavy atom. The quantitative estimate of drug-likeness (QED) is 0.882. The predicted octanol–water partition coefficient (Wildman–Crippen LogP) is 2.54. The van der Waals surface area contributed by atoms with Crippen molar-refractivity contribution in [1.29, 1.82) is 0 Å². The number of para-hydroxylation sites is 1. The van der Waals surface area contributed by atoms with Crippen LogP contribution in [-0.2, 0) is 0 Å².